The molecule has 0 radical (unpaired) electrons. The first-order chi connectivity index (χ1) is 12.4. The predicted molar refractivity (Wildman–Crippen MR) is 99.9 cm³/mol. The van der Waals surface area contributed by atoms with Crippen LogP contribution in [0, 0.1) is 13.8 Å². The second-order valence-corrected chi connectivity index (χ2v) is 8.31. The van der Waals surface area contributed by atoms with Crippen LogP contribution in [-0.4, -0.2) is 44.9 Å². The predicted octanol–water partition coefficient (Wildman–Crippen LogP) is 2.58. The number of ether oxygens (including phenoxy) is 1. The average molecular weight is 374 g/mol. The average Bonchev–Trinajstić information content (AvgIpc) is 2.62. The number of benzene rings is 2. The van der Waals surface area contributed by atoms with Crippen molar-refractivity contribution >= 4 is 21.6 Å². The van der Waals surface area contributed by atoms with Crippen molar-refractivity contribution in [3.05, 3.63) is 59.2 Å². The van der Waals surface area contributed by atoms with Gasteiger partial charge in [0.25, 0.3) is 5.91 Å². The maximum absolute atomic E-state index is 12.6. The molecule has 0 saturated carbocycles. The fourth-order valence-electron chi connectivity index (χ4n) is 2.96. The highest BCUT2D eigenvalue weighted by molar-refractivity contribution is 7.89. The summed E-state index contributed by atoms with van der Waals surface area (Å²) >= 11 is 0. The Kier molecular flexibility index (Phi) is 5.41. The maximum atomic E-state index is 12.6. The van der Waals surface area contributed by atoms with E-state index in [2.05, 4.69) is 5.32 Å². The molecule has 1 aliphatic heterocycles. The Balaban J connectivity index is 1.74. The monoisotopic (exact) mass is 374 g/mol. The van der Waals surface area contributed by atoms with Gasteiger partial charge in [0.15, 0.2) is 0 Å². The third-order valence-corrected chi connectivity index (χ3v) is 6.12. The van der Waals surface area contributed by atoms with E-state index in [9.17, 15) is 13.2 Å². The van der Waals surface area contributed by atoms with Crippen LogP contribution in [0.4, 0.5) is 5.69 Å². The topological polar surface area (TPSA) is 75.7 Å². The first kappa shape index (κ1) is 18.6. The summed E-state index contributed by atoms with van der Waals surface area (Å²) in [5, 5.41) is 2.80. The number of nitrogens with zero attached hydrogens (tertiary/aromatic N) is 1. The molecule has 2 aromatic carbocycles. The van der Waals surface area contributed by atoms with E-state index in [0.717, 1.165) is 11.1 Å². The molecule has 1 N–H and O–H groups in total. The number of aryl methyl sites for hydroxylation is 2. The Morgan fingerprint density at radius 2 is 1.58 bits per heavy atom. The van der Waals surface area contributed by atoms with Crippen LogP contribution in [0.5, 0.6) is 0 Å². The molecule has 0 aliphatic carbocycles. The first-order valence-corrected chi connectivity index (χ1v) is 9.88. The molecular formula is C19H22N2O4S. The van der Waals surface area contributed by atoms with Gasteiger partial charge in [0.1, 0.15) is 0 Å². The number of hydrogen-bond acceptors (Lipinski definition) is 4. The highest BCUT2D eigenvalue weighted by atomic mass is 32.2. The van der Waals surface area contributed by atoms with E-state index < -0.39 is 10.0 Å². The van der Waals surface area contributed by atoms with Crippen LogP contribution in [0.1, 0.15) is 21.5 Å². The second-order valence-electron chi connectivity index (χ2n) is 6.37. The largest absolute Gasteiger partial charge is 0.379 e. The zero-order chi connectivity index (χ0) is 18.7. The lowest BCUT2D eigenvalue weighted by Crippen LogP contribution is -2.40. The fraction of sp³-hybridized carbons (Fsp3) is 0.316. The van der Waals surface area contributed by atoms with Crippen molar-refractivity contribution in [2.24, 2.45) is 0 Å². The Bertz CT molecular complexity index is 881. The van der Waals surface area contributed by atoms with Crippen molar-refractivity contribution in [2.45, 2.75) is 18.7 Å². The maximum Gasteiger partial charge on any atom is 0.255 e. The number of carbonyl (C=O) groups excluding carboxylic acids is 1. The van der Waals surface area contributed by atoms with E-state index in [1.165, 1.54) is 16.4 Å². The van der Waals surface area contributed by atoms with Crippen LogP contribution in [0.2, 0.25) is 0 Å². The number of rotatable bonds is 4. The van der Waals surface area contributed by atoms with Gasteiger partial charge < -0.3 is 10.1 Å². The van der Waals surface area contributed by atoms with E-state index in [1.807, 2.05) is 32.0 Å². The molecule has 2 aromatic rings. The number of morpholine rings is 1. The van der Waals surface area contributed by atoms with Crippen molar-refractivity contribution in [2.75, 3.05) is 31.6 Å². The van der Waals surface area contributed by atoms with Crippen LogP contribution >= 0.6 is 0 Å². The highest BCUT2D eigenvalue weighted by Gasteiger charge is 2.26. The Morgan fingerprint density at radius 3 is 2.15 bits per heavy atom. The SMILES string of the molecule is Cc1cc(C)cc(C(=O)Nc2ccc(S(=O)(=O)N3CCOCC3)cc2)c1. The lowest BCUT2D eigenvalue weighted by Gasteiger charge is -2.26. The first-order valence-electron chi connectivity index (χ1n) is 8.44. The number of carbonyl (C=O) groups is 1. The summed E-state index contributed by atoms with van der Waals surface area (Å²) in [6.07, 6.45) is 0. The molecule has 7 heteroatoms. The standard InChI is InChI=1S/C19H22N2O4S/c1-14-11-15(2)13-16(12-14)19(22)20-17-3-5-18(6-4-17)26(23,24)21-7-9-25-10-8-21/h3-6,11-13H,7-10H2,1-2H3,(H,20,22). The minimum Gasteiger partial charge on any atom is -0.379 e. The molecule has 26 heavy (non-hydrogen) atoms. The number of amides is 1. The Labute approximate surface area is 153 Å². The van der Waals surface area contributed by atoms with Gasteiger partial charge in [0.2, 0.25) is 10.0 Å². The zero-order valence-electron chi connectivity index (χ0n) is 14.9. The molecule has 6 nitrogen and oxygen atoms in total. The van der Waals surface area contributed by atoms with Gasteiger partial charge in [-0.25, -0.2) is 8.42 Å². The van der Waals surface area contributed by atoms with Crippen LogP contribution in [-0.2, 0) is 14.8 Å². The summed E-state index contributed by atoms with van der Waals surface area (Å²) in [4.78, 5) is 12.6. The van der Waals surface area contributed by atoms with Gasteiger partial charge in [-0.2, -0.15) is 4.31 Å². The molecule has 0 bridgehead atoms. The van der Waals surface area contributed by atoms with E-state index in [0.29, 0.717) is 37.6 Å². The second kappa shape index (κ2) is 7.57. The normalized spacial score (nSPS) is 15.6. The van der Waals surface area contributed by atoms with Gasteiger partial charge in [-0.3, -0.25) is 4.79 Å². The molecular weight excluding hydrogens is 352 g/mol. The van der Waals surface area contributed by atoms with Gasteiger partial charge in [0, 0.05) is 24.3 Å². The van der Waals surface area contributed by atoms with Crippen molar-refractivity contribution in [3.8, 4) is 0 Å². The smallest absolute Gasteiger partial charge is 0.255 e. The van der Waals surface area contributed by atoms with Crippen molar-refractivity contribution in [1.29, 1.82) is 0 Å². The fourth-order valence-corrected chi connectivity index (χ4v) is 4.36. The van der Waals surface area contributed by atoms with Gasteiger partial charge in [0.05, 0.1) is 18.1 Å². The number of hydrogen-bond donors (Lipinski definition) is 1. The van der Waals surface area contributed by atoms with E-state index >= 15 is 0 Å². The summed E-state index contributed by atoms with van der Waals surface area (Å²) in [6, 6.07) is 11.9. The quantitative estimate of drug-likeness (QED) is 0.892. The van der Waals surface area contributed by atoms with Crippen molar-refractivity contribution in [1.82, 2.24) is 4.31 Å². The molecule has 1 saturated heterocycles. The third kappa shape index (κ3) is 4.12. The van der Waals surface area contributed by atoms with Crippen LogP contribution < -0.4 is 5.32 Å². The van der Waals surface area contributed by atoms with Gasteiger partial charge in [-0.1, -0.05) is 17.2 Å². The van der Waals surface area contributed by atoms with E-state index in [1.54, 1.807) is 12.1 Å². The van der Waals surface area contributed by atoms with Crippen molar-refractivity contribution in [3.63, 3.8) is 0 Å². The highest BCUT2D eigenvalue weighted by Crippen LogP contribution is 2.20. The van der Waals surface area contributed by atoms with E-state index in [4.69, 9.17) is 4.74 Å². The lowest BCUT2D eigenvalue weighted by molar-refractivity contribution is 0.0730. The van der Waals surface area contributed by atoms with Crippen LogP contribution in [0.3, 0.4) is 0 Å². The summed E-state index contributed by atoms with van der Waals surface area (Å²) in [6.45, 7) is 5.40. The molecule has 1 amide bonds. The van der Waals surface area contributed by atoms with Gasteiger partial charge in [-0.05, 0) is 50.2 Å². The van der Waals surface area contributed by atoms with Crippen LogP contribution in [0.25, 0.3) is 0 Å². The Morgan fingerprint density at radius 1 is 1.00 bits per heavy atom. The molecule has 0 unspecified atom stereocenters. The van der Waals surface area contributed by atoms with Gasteiger partial charge in [-0.15, -0.1) is 0 Å². The molecule has 1 fully saturated rings. The molecule has 138 valence electrons. The summed E-state index contributed by atoms with van der Waals surface area (Å²) in [7, 11) is -3.53. The number of nitrogens with one attached hydrogen (secondary N) is 1. The molecule has 0 spiro atoms. The number of anilines is 1. The molecule has 1 heterocycles. The summed E-state index contributed by atoms with van der Waals surface area (Å²) in [5.74, 6) is -0.222. The summed E-state index contributed by atoms with van der Waals surface area (Å²) in [5.41, 5.74) is 3.16. The molecule has 3 rings (SSSR count). The minimum atomic E-state index is -3.53. The van der Waals surface area contributed by atoms with Crippen molar-refractivity contribution < 1.29 is 17.9 Å². The van der Waals surface area contributed by atoms with E-state index in [-0.39, 0.29) is 10.8 Å². The zero-order valence-corrected chi connectivity index (χ0v) is 15.7. The molecule has 0 aromatic heterocycles. The lowest BCUT2D eigenvalue weighted by atomic mass is 10.1. The third-order valence-electron chi connectivity index (χ3n) is 4.20. The molecule has 1 aliphatic rings. The van der Waals surface area contributed by atoms with Gasteiger partial charge >= 0.3 is 0 Å². The Hall–Kier alpha value is -2.22. The minimum absolute atomic E-state index is 0.212. The number of sulfonamides is 1. The summed E-state index contributed by atoms with van der Waals surface area (Å²) < 4.78 is 31.8. The van der Waals surface area contributed by atoms with Crippen LogP contribution in [0.15, 0.2) is 47.4 Å². The molecule has 0 atom stereocenters.